The normalized spacial score (nSPS) is 18.7. The van der Waals surface area contributed by atoms with Crippen molar-refractivity contribution in [3.63, 3.8) is 0 Å². The van der Waals surface area contributed by atoms with Gasteiger partial charge in [-0.1, -0.05) is 0 Å². The Morgan fingerprint density at radius 1 is 1.50 bits per heavy atom. The van der Waals surface area contributed by atoms with Gasteiger partial charge in [-0.05, 0) is 25.0 Å². The van der Waals surface area contributed by atoms with Crippen LogP contribution in [0.1, 0.15) is 23.2 Å². The maximum atomic E-state index is 10.7. The van der Waals surface area contributed by atoms with E-state index in [0.717, 1.165) is 32.6 Å². The first-order valence-corrected chi connectivity index (χ1v) is 6.67. The van der Waals surface area contributed by atoms with Crippen LogP contribution >= 0.6 is 0 Å². The van der Waals surface area contributed by atoms with Gasteiger partial charge < -0.3 is 25.0 Å². The molecule has 3 N–H and O–H groups in total. The highest BCUT2D eigenvalue weighted by atomic mass is 16.5. The standard InChI is InChI=1S/C14H19NO5/c16-13-8-11(3-4-12(13)14(17)18)20-6-1-2-10-9-19-7-5-15-10/h3-4,8,10,15-16H,1-2,5-7,9H2,(H,17,18). The molecule has 110 valence electrons. The van der Waals surface area contributed by atoms with Crippen LogP contribution in [0, 0.1) is 0 Å². The van der Waals surface area contributed by atoms with E-state index in [1.54, 1.807) is 6.07 Å². The summed E-state index contributed by atoms with van der Waals surface area (Å²) in [6, 6.07) is 4.58. The summed E-state index contributed by atoms with van der Waals surface area (Å²) in [5.41, 5.74) is -0.124. The lowest BCUT2D eigenvalue weighted by atomic mass is 10.1. The van der Waals surface area contributed by atoms with Crippen LogP contribution in [0.2, 0.25) is 0 Å². The molecule has 1 aliphatic heterocycles. The van der Waals surface area contributed by atoms with Crippen molar-refractivity contribution in [1.29, 1.82) is 0 Å². The average Bonchev–Trinajstić information content (AvgIpc) is 2.44. The molecule has 6 nitrogen and oxygen atoms in total. The number of aromatic carboxylic acids is 1. The summed E-state index contributed by atoms with van der Waals surface area (Å²) >= 11 is 0. The molecule has 1 heterocycles. The fraction of sp³-hybridized carbons (Fsp3) is 0.500. The number of carboxylic acid groups (broad SMARTS) is 1. The highest BCUT2D eigenvalue weighted by Crippen LogP contribution is 2.23. The zero-order chi connectivity index (χ0) is 14.4. The summed E-state index contributed by atoms with van der Waals surface area (Å²) in [5.74, 6) is -0.963. The van der Waals surface area contributed by atoms with Crippen LogP contribution in [-0.4, -0.2) is 48.6 Å². The summed E-state index contributed by atoms with van der Waals surface area (Å²) in [5, 5.41) is 21.7. The molecule has 1 aromatic carbocycles. The lowest BCUT2D eigenvalue weighted by Gasteiger charge is -2.23. The Labute approximate surface area is 117 Å². The van der Waals surface area contributed by atoms with Gasteiger partial charge >= 0.3 is 5.97 Å². The molecule has 0 aliphatic carbocycles. The van der Waals surface area contributed by atoms with Gasteiger partial charge in [-0.3, -0.25) is 0 Å². The fourth-order valence-corrected chi connectivity index (χ4v) is 2.11. The molecule has 6 heteroatoms. The zero-order valence-electron chi connectivity index (χ0n) is 11.2. The van der Waals surface area contributed by atoms with Gasteiger partial charge in [0.25, 0.3) is 0 Å². The van der Waals surface area contributed by atoms with Gasteiger partial charge in [0.15, 0.2) is 0 Å². The van der Waals surface area contributed by atoms with Crippen molar-refractivity contribution in [2.75, 3.05) is 26.4 Å². The monoisotopic (exact) mass is 281 g/mol. The van der Waals surface area contributed by atoms with E-state index >= 15 is 0 Å². The third kappa shape index (κ3) is 4.11. The number of hydrogen-bond donors (Lipinski definition) is 3. The fourth-order valence-electron chi connectivity index (χ4n) is 2.11. The molecule has 0 amide bonds. The SMILES string of the molecule is O=C(O)c1ccc(OCCCC2COCCN2)cc1O. The quantitative estimate of drug-likeness (QED) is 0.680. The molecule has 2 rings (SSSR count). The smallest absolute Gasteiger partial charge is 0.339 e. The van der Waals surface area contributed by atoms with Gasteiger partial charge in [-0.15, -0.1) is 0 Å². The van der Waals surface area contributed by atoms with Gasteiger partial charge in [-0.25, -0.2) is 4.79 Å². The number of nitrogens with one attached hydrogen (secondary N) is 1. The summed E-state index contributed by atoms with van der Waals surface area (Å²) in [7, 11) is 0. The number of hydrogen-bond acceptors (Lipinski definition) is 5. The van der Waals surface area contributed by atoms with Crippen molar-refractivity contribution in [2.45, 2.75) is 18.9 Å². The molecule has 0 spiro atoms. The van der Waals surface area contributed by atoms with Crippen LogP contribution in [0.4, 0.5) is 0 Å². The third-order valence-electron chi connectivity index (χ3n) is 3.16. The van der Waals surface area contributed by atoms with Crippen LogP contribution in [-0.2, 0) is 4.74 Å². The molecule has 0 aromatic heterocycles. The molecule has 1 unspecified atom stereocenters. The first-order valence-electron chi connectivity index (χ1n) is 6.67. The van der Waals surface area contributed by atoms with Crippen molar-refractivity contribution < 1.29 is 24.5 Å². The van der Waals surface area contributed by atoms with E-state index in [4.69, 9.17) is 14.6 Å². The molecular weight excluding hydrogens is 262 g/mol. The van der Waals surface area contributed by atoms with Crippen molar-refractivity contribution in [1.82, 2.24) is 5.32 Å². The summed E-state index contributed by atoms with van der Waals surface area (Å²) in [6.45, 7) is 2.90. The van der Waals surface area contributed by atoms with Gasteiger partial charge in [-0.2, -0.15) is 0 Å². The highest BCUT2D eigenvalue weighted by Gasteiger charge is 2.13. The number of ether oxygens (including phenoxy) is 2. The van der Waals surface area contributed by atoms with Crippen LogP contribution in [0.3, 0.4) is 0 Å². The van der Waals surface area contributed by atoms with Gasteiger partial charge in [0.1, 0.15) is 17.1 Å². The first-order chi connectivity index (χ1) is 9.66. The molecule has 0 bridgehead atoms. The third-order valence-corrected chi connectivity index (χ3v) is 3.16. The number of carboxylic acids is 1. The zero-order valence-corrected chi connectivity index (χ0v) is 11.2. The molecule has 1 aliphatic rings. The van der Waals surface area contributed by atoms with E-state index in [-0.39, 0.29) is 11.3 Å². The number of aromatic hydroxyl groups is 1. The molecule has 1 atom stereocenters. The molecule has 0 saturated carbocycles. The lowest BCUT2D eigenvalue weighted by Crippen LogP contribution is -2.41. The molecular formula is C14H19NO5. The Hall–Kier alpha value is -1.79. The van der Waals surface area contributed by atoms with Crippen LogP contribution < -0.4 is 10.1 Å². The van der Waals surface area contributed by atoms with Crippen molar-refractivity contribution in [3.8, 4) is 11.5 Å². The molecule has 1 fully saturated rings. The van der Waals surface area contributed by atoms with Crippen molar-refractivity contribution >= 4 is 5.97 Å². The van der Waals surface area contributed by atoms with E-state index in [1.165, 1.54) is 12.1 Å². The predicted molar refractivity (Wildman–Crippen MR) is 72.4 cm³/mol. The number of morpholine rings is 1. The number of phenols is 1. The van der Waals surface area contributed by atoms with Crippen LogP contribution in [0.5, 0.6) is 11.5 Å². The second-order valence-corrected chi connectivity index (χ2v) is 4.70. The second-order valence-electron chi connectivity index (χ2n) is 4.70. The lowest BCUT2D eigenvalue weighted by molar-refractivity contribution is 0.0693. The van der Waals surface area contributed by atoms with E-state index in [0.29, 0.717) is 18.4 Å². The average molecular weight is 281 g/mol. The molecule has 1 saturated heterocycles. The Bertz CT molecular complexity index is 457. The Kier molecular flexibility index (Phi) is 5.20. The second kappa shape index (κ2) is 7.12. The van der Waals surface area contributed by atoms with Crippen LogP contribution in [0.25, 0.3) is 0 Å². The highest BCUT2D eigenvalue weighted by molar-refractivity contribution is 5.90. The minimum Gasteiger partial charge on any atom is -0.507 e. The van der Waals surface area contributed by atoms with E-state index in [9.17, 15) is 9.90 Å². The van der Waals surface area contributed by atoms with E-state index in [1.807, 2.05) is 0 Å². The number of rotatable bonds is 6. The number of carbonyl (C=O) groups is 1. The van der Waals surface area contributed by atoms with E-state index in [2.05, 4.69) is 5.32 Å². The summed E-state index contributed by atoms with van der Waals surface area (Å²) < 4.78 is 10.8. The van der Waals surface area contributed by atoms with Crippen LogP contribution in [0.15, 0.2) is 18.2 Å². The Morgan fingerprint density at radius 2 is 2.35 bits per heavy atom. The summed E-state index contributed by atoms with van der Waals surface area (Å²) in [6.07, 6.45) is 1.82. The van der Waals surface area contributed by atoms with Gasteiger partial charge in [0.2, 0.25) is 0 Å². The molecule has 1 aromatic rings. The summed E-state index contributed by atoms with van der Waals surface area (Å²) in [4.78, 5) is 10.7. The predicted octanol–water partition coefficient (Wildman–Crippen LogP) is 1.24. The Balaban J connectivity index is 1.73. The van der Waals surface area contributed by atoms with Crippen molar-refractivity contribution in [3.05, 3.63) is 23.8 Å². The minimum atomic E-state index is -1.16. The topological polar surface area (TPSA) is 88.0 Å². The van der Waals surface area contributed by atoms with Gasteiger partial charge in [0.05, 0.1) is 19.8 Å². The molecule has 20 heavy (non-hydrogen) atoms. The maximum absolute atomic E-state index is 10.7. The largest absolute Gasteiger partial charge is 0.507 e. The number of benzene rings is 1. The Morgan fingerprint density at radius 3 is 3.00 bits per heavy atom. The minimum absolute atomic E-state index is 0.124. The molecule has 0 radical (unpaired) electrons. The van der Waals surface area contributed by atoms with Crippen molar-refractivity contribution in [2.24, 2.45) is 0 Å². The van der Waals surface area contributed by atoms with E-state index < -0.39 is 5.97 Å². The van der Waals surface area contributed by atoms with Gasteiger partial charge in [0, 0.05) is 18.7 Å². The first kappa shape index (κ1) is 14.6. The maximum Gasteiger partial charge on any atom is 0.339 e.